The van der Waals surface area contributed by atoms with Crippen molar-refractivity contribution in [3.8, 4) is 11.3 Å². The van der Waals surface area contributed by atoms with E-state index in [9.17, 15) is 9.90 Å². The van der Waals surface area contributed by atoms with E-state index in [1.54, 1.807) is 0 Å². The molecule has 1 N–H and O–H groups in total. The third-order valence-corrected chi connectivity index (χ3v) is 4.96. The first kappa shape index (κ1) is 27.7. The van der Waals surface area contributed by atoms with E-state index in [-0.39, 0.29) is 37.1 Å². The molecule has 0 atom stereocenters. The number of benzene rings is 2. The Balaban J connectivity index is 0.000000330. The van der Waals surface area contributed by atoms with E-state index < -0.39 is 5.41 Å². The minimum atomic E-state index is -0.417. The average molecular weight is 609 g/mol. The van der Waals surface area contributed by atoms with Crippen molar-refractivity contribution in [2.24, 2.45) is 10.8 Å². The number of aromatic nitrogens is 1. The van der Waals surface area contributed by atoms with Crippen LogP contribution in [-0.4, -0.2) is 15.9 Å². The number of allylic oxidation sites excluding steroid dienone is 2. The van der Waals surface area contributed by atoms with Gasteiger partial charge in [-0.2, -0.15) is 0 Å². The van der Waals surface area contributed by atoms with Gasteiger partial charge in [0.15, 0.2) is 5.78 Å². The molecule has 0 unspecified atom stereocenters. The molecule has 173 valence electrons. The SMILES string of the molecule is CC(C)(C)C(=O)C=C(O)C(C)(C)C.CCc1cc[c-]c(-c2cc3ccccc3cn2)c1.[Ir]. The predicted octanol–water partition coefficient (Wildman–Crippen LogP) is 7.35. The van der Waals surface area contributed by atoms with E-state index >= 15 is 0 Å². The smallest absolute Gasteiger partial charge is 0.164 e. The summed E-state index contributed by atoms with van der Waals surface area (Å²) < 4.78 is 0. The number of aryl methyl sites for hydroxylation is 1. The van der Waals surface area contributed by atoms with Crippen molar-refractivity contribution in [3.05, 3.63) is 78.2 Å². The van der Waals surface area contributed by atoms with Gasteiger partial charge in [-0.3, -0.25) is 4.79 Å². The van der Waals surface area contributed by atoms with Gasteiger partial charge in [0, 0.05) is 43.2 Å². The van der Waals surface area contributed by atoms with Crippen LogP contribution in [-0.2, 0) is 31.3 Å². The number of carbonyl (C=O) groups is 1. The first-order valence-electron chi connectivity index (χ1n) is 10.7. The van der Waals surface area contributed by atoms with Crippen molar-refractivity contribution < 1.29 is 30.0 Å². The average Bonchev–Trinajstić information content (AvgIpc) is 2.72. The third kappa shape index (κ3) is 8.00. The molecule has 0 amide bonds. The van der Waals surface area contributed by atoms with Crippen LogP contribution >= 0.6 is 0 Å². The Bertz CT molecular complexity index is 1070. The van der Waals surface area contributed by atoms with Crippen molar-refractivity contribution in [2.75, 3.05) is 0 Å². The number of aliphatic hydroxyl groups excluding tert-OH is 1. The number of aliphatic hydroxyl groups is 1. The zero-order chi connectivity index (χ0) is 23.2. The summed E-state index contributed by atoms with van der Waals surface area (Å²) in [5.41, 5.74) is 2.61. The Hall–Kier alpha value is -2.29. The Kier molecular flexibility index (Phi) is 10.0. The van der Waals surface area contributed by atoms with Crippen molar-refractivity contribution in [1.82, 2.24) is 4.98 Å². The number of ketones is 1. The molecule has 3 aromatic rings. The number of hydrogen-bond acceptors (Lipinski definition) is 3. The molecule has 0 bridgehead atoms. The van der Waals surface area contributed by atoms with Gasteiger partial charge >= 0.3 is 0 Å². The largest absolute Gasteiger partial charge is 0.512 e. The van der Waals surface area contributed by atoms with Gasteiger partial charge in [-0.25, -0.2) is 0 Å². The van der Waals surface area contributed by atoms with Crippen molar-refractivity contribution in [1.29, 1.82) is 0 Å². The standard InChI is InChI=1S/C17H14N.C11H20O2.Ir/c1-2-13-6-5-9-15(10-13)17-11-14-7-3-4-8-16(14)12-18-17;1-10(2,3)8(12)7-9(13)11(4,5)6;/h3-8,10-12H,2H2,1H3;7,12H,1-6H3;/q-1;;. The van der Waals surface area contributed by atoms with Crippen LogP contribution in [0.25, 0.3) is 22.0 Å². The molecule has 1 heterocycles. The molecule has 0 saturated carbocycles. The zero-order valence-electron chi connectivity index (χ0n) is 20.1. The summed E-state index contributed by atoms with van der Waals surface area (Å²) in [6.07, 6.45) is 4.30. The summed E-state index contributed by atoms with van der Waals surface area (Å²) in [6, 6.07) is 19.9. The predicted molar refractivity (Wildman–Crippen MR) is 130 cm³/mol. The first-order valence-corrected chi connectivity index (χ1v) is 10.7. The molecule has 3 nitrogen and oxygen atoms in total. The van der Waals surface area contributed by atoms with E-state index in [0.717, 1.165) is 17.7 Å². The Labute approximate surface area is 206 Å². The van der Waals surface area contributed by atoms with Gasteiger partial charge in [0.2, 0.25) is 0 Å². The van der Waals surface area contributed by atoms with Gasteiger partial charge in [-0.05, 0) is 22.9 Å². The van der Waals surface area contributed by atoms with Gasteiger partial charge in [-0.15, -0.1) is 35.4 Å². The van der Waals surface area contributed by atoms with E-state index in [1.165, 1.54) is 22.4 Å². The fourth-order valence-electron chi connectivity index (χ4n) is 2.67. The van der Waals surface area contributed by atoms with Crippen LogP contribution in [0.5, 0.6) is 0 Å². The molecule has 0 spiro atoms. The molecule has 1 radical (unpaired) electrons. The normalized spacial score (nSPS) is 11.9. The van der Waals surface area contributed by atoms with Crippen molar-refractivity contribution in [3.63, 3.8) is 0 Å². The molecular weight excluding hydrogens is 575 g/mol. The van der Waals surface area contributed by atoms with Gasteiger partial charge in [0.05, 0.1) is 0 Å². The molecule has 3 rings (SSSR count). The molecule has 1 aromatic heterocycles. The molecule has 0 fully saturated rings. The molecule has 4 heteroatoms. The summed E-state index contributed by atoms with van der Waals surface area (Å²) in [4.78, 5) is 16.0. The van der Waals surface area contributed by atoms with Gasteiger partial charge in [0.25, 0.3) is 0 Å². The van der Waals surface area contributed by atoms with Gasteiger partial charge in [-0.1, -0.05) is 78.8 Å². The summed E-state index contributed by atoms with van der Waals surface area (Å²) in [5, 5.41) is 12.0. The minimum Gasteiger partial charge on any atom is -0.512 e. The second-order valence-electron chi connectivity index (χ2n) is 9.77. The van der Waals surface area contributed by atoms with Crippen LogP contribution < -0.4 is 0 Å². The summed E-state index contributed by atoms with van der Waals surface area (Å²) in [6.45, 7) is 13.3. The fourth-order valence-corrected chi connectivity index (χ4v) is 2.67. The second kappa shape index (κ2) is 11.5. The maximum atomic E-state index is 11.5. The van der Waals surface area contributed by atoms with Crippen LogP contribution in [0.1, 0.15) is 54.0 Å². The van der Waals surface area contributed by atoms with Crippen LogP contribution in [0.2, 0.25) is 0 Å². The van der Waals surface area contributed by atoms with Gasteiger partial charge in [0.1, 0.15) is 5.76 Å². The molecule has 0 aliphatic heterocycles. The van der Waals surface area contributed by atoms with Crippen molar-refractivity contribution in [2.45, 2.75) is 54.9 Å². The van der Waals surface area contributed by atoms with E-state index in [4.69, 9.17) is 0 Å². The molecule has 0 aliphatic rings. The third-order valence-electron chi connectivity index (χ3n) is 4.96. The second-order valence-corrected chi connectivity index (χ2v) is 9.77. The summed E-state index contributed by atoms with van der Waals surface area (Å²) >= 11 is 0. The number of rotatable bonds is 3. The topological polar surface area (TPSA) is 50.2 Å². The van der Waals surface area contributed by atoms with Crippen LogP contribution in [0.15, 0.2) is 66.6 Å². The monoisotopic (exact) mass is 609 g/mol. The van der Waals surface area contributed by atoms with Gasteiger partial charge < -0.3 is 10.1 Å². The summed E-state index contributed by atoms with van der Waals surface area (Å²) in [7, 11) is 0. The Morgan fingerprint density at radius 1 is 1.00 bits per heavy atom. The van der Waals surface area contributed by atoms with E-state index in [1.807, 2.05) is 59.9 Å². The fraction of sp³-hybridized carbons (Fsp3) is 0.357. The summed E-state index contributed by atoms with van der Waals surface area (Å²) in [5.74, 6) is 0.104. The number of pyridine rings is 1. The van der Waals surface area contributed by atoms with Crippen LogP contribution in [0.3, 0.4) is 0 Å². The molecule has 2 aromatic carbocycles. The maximum absolute atomic E-state index is 11.5. The quantitative estimate of drug-likeness (QED) is 0.192. The number of fused-ring (bicyclic) bond motifs is 1. The number of carbonyl (C=O) groups excluding carboxylic acids is 1. The molecule has 0 saturated heterocycles. The number of hydrogen-bond donors (Lipinski definition) is 1. The Morgan fingerprint density at radius 2 is 1.62 bits per heavy atom. The molecule has 0 aliphatic carbocycles. The van der Waals surface area contributed by atoms with Crippen molar-refractivity contribution >= 4 is 16.6 Å². The van der Waals surface area contributed by atoms with Crippen LogP contribution in [0.4, 0.5) is 0 Å². The van der Waals surface area contributed by atoms with E-state index in [2.05, 4.69) is 54.4 Å². The maximum Gasteiger partial charge on any atom is 0.164 e. The zero-order valence-corrected chi connectivity index (χ0v) is 22.5. The molecular formula is C28H34IrNO2-. The van der Waals surface area contributed by atoms with Crippen LogP contribution in [0, 0.1) is 16.9 Å². The molecule has 32 heavy (non-hydrogen) atoms. The first-order chi connectivity index (χ1) is 14.4. The van der Waals surface area contributed by atoms with E-state index in [0.29, 0.717) is 0 Å². The number of nitrogens with zero attached hydrogens (tertiary/aromatic N) is 1. The minimum absolute atomic E-state index is 0. The Morgan fingerprint density at radius 3 is 2.19 bits per heavy atom.